The van der Waals surface area contributed by atoms with E-state index in [0.717, 1.165) is 5.69 Å². The summed E-state index contributed by atoms with van der Waals surface area (Å²) in [5, 5.41) is 1.30. The van der Waals surface area contributed by atoms with Crippen molar-refractivity contribution in [2.75, 3.05) is 20.1 Å². The van der Waals surface area contributed by atoms with Gasteiger partial charge in [0.05, 0.1) is 10.7 Å². The Balaban J connectivity index is 2.12. The molecule has 0 amide bonds. The van der Waals surface area contributed by atoms with Crippen LogP contribution in [0, 0.1) is 6.92 Å². The molecule has 0 saturated carbocycles. The molecule has 90 valence electrons. The highest BCUT2D eigenvalue weighted by Crippen LogP contribution is 2.33. The Labute approximate surface area is 102 Å². The summed E-state index contributed by atoms with van der Waals surface area (Å²) in [6.07, 6.45) is 2.48. The fraction of sp³-hybridized carbons (Fsp3) is 0.750. The van der Waals surface area contributed by atoms with Crippen LogP contribution in [0.5, 0.6) is 0 Å². The van der Waals surface area contributed by atoms with Crippen LogP contribution in [0.1, 0.15) is 47.3 Å². The molecule has 0 radical (unpaired) electrons. The first kappa shape index (κ1) is 12.0. The molecule has 1 atom stereocenters. The van der Waals surface area contributed by atoms with E-state index in [1.54, 1.807) is 0 Å². The summed E-state index contributed by atoms with van der Waals surface area (Å²) in [6, 6.07) is 0.123. The van der Waals surface area contributed by atoms with Gasteiger partial charge in [-0.1, -0.05) is 0 Å². The van der Waals surface area contributed by atoms with Crippen LogP contribution in [0.4, 0.5) is 0 Å². The SMILES string of the molecule is Cc1nc(C2CCN(C)CC2)sc1C(C)N. The Morgan fingerprint density at radius 3 is 2.56 bits per heavy atom. The highest BCUT2D eigenvalue weighted by molar-refractivity contribution is 7.11. The van der Waals surface area contributed by atoms with Crippen molar-refractivity contribution in [1.29, 1.82) is 0 Å². The van der Waals surface area contributed by atoms with Crippen LogP contribution < -0.4 is 5.73 Å². The van der Waals surface area contributed by atoms with E-state index in [2.05, 4.69) is 18.9 Å². The smallest absolute Gasteiger partial charge is 0.0963 e. The molecule has 1 saturated heterocycles. The predicted octanol–water partition coefficient (Wildman–Crippen LogP) is 2.28. The van der Waals surface area contributed by atoms with Crippen molar-refractivity contribution in [2.24, 2.45) is 5.73 Å². The Hall–Kier alpha value is -0.450. The minimum Gasteiger partial charge on any atom is -0.323 e. The molecule has 1 aromatic heterocycles. The molecule has 1 unspecified atom stereocenters. The number of nitrogens with two attached hydrogens (primary N) is 1. The quantitative estimate of drug-likeness (QED) is 0.861. The summed E-state index contributed by atoms with van der Waals surface area (Å²) >= 11 is 1.82. The first-order valence-corrected chi connectivity index (χ1v) is 6.81. The maximum absolute atomic E-state index is 5.94. The number of piperidine rings is 1. The van der Waals surface area contributed by atoms with Crippen molar-refractivity contribution in [3.8, 4) is 0 Å². The third-order valence-electron chi connectivity index (χ3n) is 3.33. The molecule has 1 aliphatic rings. The van der Waals surface area contributed by atoms with E-state index in [0.29, 0.717) is 5.92 Å². The van der Waals surface area contributed by atoms with Gasteiger partial charge in [-0.3, -0.25) is 0 Å². The van der Waals surface area contributed by atoms with Crippen molar-refractivity contribution in [1.82, 2.24) is 9.88 Å². The Bertz CT molecular complexity index is 351. The zero-order valence-corrected chi connectivity index (χ0v) is 11.2. The number of aryl methyl sites for hydroxylation is 1. The van der Waals surface area contributed by atoms with Crippen LogP contribution in [-0.2, 0) is 0 Å². The van der Waals surface area contributed by atoms with Crippen molar-refractivity contribution < 1.29 is 0 Å². The highest BCUT2D eigenvalue weighted by Gasteiger charge is 2.22. The van der Waals surface area contributed by atoms with Gasteiger partial charge >= 0.3 is 0 Å². The van der Waals surface area contributed by atoms with Crippen LogP contribution >= 0.6 is 11.3 Å². The number of nitrogens with zero attached hydrogens (tertiary/aromatic N) is 2. The van der Waals surface area contributed by atoms with Crippen LogP contribution in [0.15, 0.2) is 0 Å². The lowest BCUT2D eigenvalue weighted by atomic mass is 9.98. The third-order valence-corrected chi connectivity index (χ3v) is 4.85. The molecular formula is C12H21N3S. The summed E-state index contributed by atoms with van der Waals surface area (Å²) < 4.78 is 0. The lowest BCUT2D eigenvalue weighted by molar-refractivity contribution is 0.255. The van der Waals surface area contributed by atoms with Gasteiger partial charge in [0.2, 0.25) is 0 Å². The van der Waals surface area contributed by atoms with Gasteiger partial charge in [-0.15, -0.1) is 11.3 Å². The first-order valence-electron chi connectivity index (χ1n) is 5.99. The van der Waals surface area contributed by atoms with E-state index in [9.17, 15) is 0 Å². The molecule has 1 aromatic rings. The fourth-order valence-corrected chi connectivity index (χ4v) is 3.47. The van der Waals surface area contributed by atoms with Crippen LogP contribution in [0.25, 0.3) is 0 Å². The summed E-state index contributed by atoms with van der Waals surface area (Å²) in [7, 11) is 2.19. The molecule has 1 fully saturated rings. The van der Waals surface area contributed by atoms with Crippen molar-refractivity contribution in [3.05, 3.63) is 15.6 Å². The maximum Gasteiger partial charge on any atom is 0.0963 e. The van der Waals surface area contributed by atoms with Gasteiger partial charge < -0.3 is 10.6 Å². The minimum absolute atomic E-state index is 0.123. The van der Waals surface area contributed by atoms with Crippen molar-refractivity contribution in [2.45, 2.75) is 38.6 Å². The molecule has 0 aromatic carbocycles. The van der Waals surface area contributed by atoms with Gasteiger partial charge in [0.1, 0.15) is 0 Å². The average Bonchev–Trinajstić information content (AvgIpc) is 2.61. The van der Waals surface area contributed by atoms with E-state index in [1.165, 1.54) is 35.8 Å². The number of likely N-dealkylation sites (tertiary alicyclic amines) is 1. The molecule has 2 N–H and O–H groups in total. The number of thiazole rings is 1. The van der Waals surface area contributed by atoms with Crippen molar-refractivity contribution in [3.63, 3.8) is 0 Å². The zero-order chi connectivity index (χ0) is 11.7. The molecule has 0 spiro atoms. The summed E-state index contributed by atoms with van der Waals surface area (Å²) in [5.41, 5.74) is 7.07. The van der Waals surface area contributed by atoms with E-state index in [-0.39, 0.29) is 6.04 Å². The molecule has 2 heterocycles. The first-order chi connectivity index (χ1) is 7.58. The highest BCUT2D eigenvalue weighted by atomic mass is 32.1. The van der Waals surface area contributed by atoms with Gasteiger partial charge in [-0.25, -0.2) is 4.98 Å². The summed E-state index contributed by atoms with van der Waals surface area (Å²) in [5.74, 6) is 0.660. The second-order valence-corrected chi connectivity index (χ2v) is 5.93. The number of rotatable bonds is 2. The van der Waals surface area contributed by atoms with E-state index >= 15 is 0 Å². The normalized spacial score (nSPS) is 21.2. The van der Waals surface area contributed by atoms with E-state index < -0.39 is 0 Å². The molecule has 2 rings (SSSR count). The lowest BCUT2D eigenvalue weighted by Gasteiger charge is -2.27. The van der Waals surface area contributed by atoms with Gasteiger partial charge in [0.25, 0.3) is 0 Å². The molecule has 0 aliphatic carbocycles. The van der Waals surface area contributed by atoms with Crippen molar-refractivity contribution >= 4 is 11.3 Å². The Morgan fingerprint density at radius 1 is 1.44 bits per heavy atom. The second-order valence-electron chi connectivity index (χ2n) is 4.87. The van der Waals surface area contributed by atoms with Gasteiger partial charge in [0, 0.05) is 16.8 Å². The Morgan fingerprint density at radius 2 is 2.06 bits per heavy atom. The minimum atomic E-state index is 0.123. The molecule has 1 aliphatic heterocycles. The number of hydrogen-bond donors (Lipinski definition) is 1. The van der Waals surface area contributed by atoms with Gasteiger partial charge in [0.15, 0.2) is 0 Å². The average molecular weight is 239 g/mol. The van der Waals surface area contributed by atoms with Crippen LogP contribution in [0.3, 0.4) is 0 Å². The molecule has 3 nitrogen and oxygen atoms in total. The standard InChI is InChI=1S/C12H21N3S/c1-8(13)11-9(2)14-12(16-11)10-4-6-15(3)7-5-10/h8,10H,4-7,13H2,1-3H3. The Kier molecular flexibility index (Phi) is 3.62. The maximum atomic E-state index is 5.94. The molecular weight excluding hydrogens is 218 g/mol. The molecule has 16 heavy (non-hydrogen) atoms. The third kappa shape index (κ3) is 2.44. The summed E-state index contributed by atoms with van der Waals surface area (Å²) in [6.45, 7) is 6.50. The molecule has 0 bridgehead atoms. The number of aromatic nitrogens is 1. The second kappa shape index (κ2) is 4.82. The van der Waals surface area contributed by atoms with Gasteiger partial charge in [-0.2, -0.15) is 0 Å². The largest absolute Gasteiger partial charge is 0.323 e. The van der Waals surface area contributed by atoms with Crippen LogP contribution in [0.2, 0.25) is 0 Å². The van der Waals surface area contributed by atoms with E-state index in [1.807, 2.05) is 18.3 Å². The van der Waals surface area contributed by atoms with Gasteiger partial charge in [-0.05, 0) is 46.8 Å². The lowest BCUT2D eigenvalue weighted by Crippen LogP contribution is -2.29. The number of hydrogen-bond acceptors (Lipinski definition) is 4. The molecule has 4 heteroatoms. The predicted molar refractivity (Wildman–Crippen MR) is 68.9 cm³/mol. The topological polar surface area (TPSA) is 42.2 Å². The fourth-order valence-electron chi connectivity index (χ4n) is 2.28. The van der Waals surface area contributed by atoms with E-state index in [4.69, 9.17) is 10.7 Å². The summed E-state index contributed by atoms with van der Waals surface area (Å²) in [4.78, 5) is 8.35. The van der Waals surface area contributed by atoms with Crippen LogP contribution in [-0.4, -0.2) is 30.0 Å². The monoisotopic (exact) mass is 239 g/mol. The zero-order valence-electron chi connectivity index (χ0n) is 10.4.